The second-order valence-electron chi connectivity index (χ2n) is 5.05. The molecule has 2 N–H and O–H groups in total. The van der Waals surface area contributed by atoms with E-state index in [0.29, 0.717) is 23.9 Å². The molecule has 0 aromatic heterocycles. The van der Waals surface area contributed by atoms with Gasteiger partial charge in [0.1, 0.15) is 17.4 Å². The van der Waals surface area contributed by atoms with Crippen LogP contribution in [0.4, 0.5) is 5.69 Å². The van der Waals surface area contributed by atoms with Gasteiger partial charge in [-0.15, -0.1) is 0 Å². The number of amides is 1. The fourth-order valence-corrected chi connectivity index (χ4v) is 2.26. The van der Waals surface area contributed by atoms with Gasteiger partial charge in [0.25, 0.3) is 5.91 Å². The number of carbonyl (C=O) groups excluding carboxylic acids is 1. The fraction of sp³-hybridized carbons (Fsp3) is 0.158. The van der Waals surface area contributed by atoms with Crippen LogP contribution in [0, 0.1) is 11.3 Å². The molecule has 0 aliphatic carbocycles. The quantitative estimate of drug-likeness (QED) is 0.584. The first-order chi connectivity index (χ1) is 12.1. The van der Waals surface area contributed by atoms with E-state index in [-0.39, 0.29) is 5.57 Å². The van der Waals surface area contributed by atoms with Gasteiger partial charge in [-0.2, -0.15) is 5.26 Å². The van der Waals surface area contributed by atoms with Crippen LogP contribution in [0.1, 0.15) is 12.5 Å². The van der Waals surface area contributed by atoms with E-state index < -0.39 is 5.91 Å². The lowest BCUT2D eigenvalue weighted by Gasteiger charge is -2.07. The number of nitrogens with zero attached hydrogens (tertiary/aromatic N) is 1. The summed E-state index contributed by atoms with van der Waals surface area (Å²) < 4.78 is 5.34. The van der Waals surface area contributed by atoms with Gasteiger partial charge in [-0.05, 0) is 42.8 Å². The number of benzene rings is 2. The molecule has 2 rings (SSSR count). The Hall–Kier alpha value is -2.97. The number of hydrogen-bond donors (Lipinski definition) is 2. The molecule has 0 unspecified atom stereocenters. The summed E-state index contributed by atoms with van der Waals surface area (Å²) >= 11 is 6.06. The van der Waals surface area contributed by atoms with Crippen molar-refractivity contribution in [3.63, 3.8) is 0 Å². The molecular formula is C19H18ClN3O2. The third kappa shape index (κ3) is 5.55. The number of hydrogen-bond acceptors (Lipinski definition) is 4. The van der Waals surface area contributed by atoms with Crippen LogP contribution in [0.2, 0.25) is 5.02 Å². The van der Waals surface area contributed by atoms with Crippen LogP contribution in [0.5, 0.6) is 5.75 Å². The summed E-state index contributed by atoms with van der Waals surface area (Å²) in [6.07, 6.45) is 1.38. The Morgan fingerprint density at radius 1 is 1.24 bits per heavy atom. The minimum atomic E-state index is -0.488. The lowest BCUT2D eigenvalue weighted by atomic mass is 10.2. The minimum absolute atomic E-state index is 0.0269. The maximum absolute atomic E-state index is 12.2. The standard InChI is InChI=1S/C19H18ClN3O2/c1-2-25-17-9-7-16(8-10-17)23-19(24)15(11-21)13-22-12-14-5-3-4-6-18(14)20/h3-10,13,22H,2,12H2,1H3,(H,23,24)/b15-13-. The maximum Gasteiger partial charge on any atom is 0.267 e. The molecular weight excluding hydrogens is 338 g/mol. The highest BCUT2D eigenvalue weighted by atomic mass is 35.5. The molecule has 6 heteroatoms. The predicted molar refractivity (Wildman–Crippen MR) is 98.2 cm³/mol. The SMILES string of the molecule is CCOc1ccc(NC(=O)/C(C#N)=C\NCc2ccccc2Cl)cc1. The fourth-order valence-electron chi connectivity index (χ4n) is 2.05. The van der Waals surface area contributed by atoms with Crippen LogP contribution in [-0.2, 0) is 11.3 Å². The molecule has 5 nitrogen and oxygen atoms in total. The van der Waals surface area contributed by atoms with E-state index >= 15 is 0 Å². The van der Waals surface area contributed by atoms with Gasteiger partial charge in [0.2, 0.25) is 0 Å². The molecule has 1 amide bonds. The Kier molecular flexibility index (Phi) is 6.87. The molecule has 128 valence electrons. The van der Waals surface area contributed by atoms with Gasteiger partial charge >= 0.3 is 0 Å². The molecule has 2 aromatic rings. The van der Waals surface area contributed by atoms with Gasteiger partial charge in [-0.25, -0.2) is 0 Å². The summed E-state index contributed by atoms with van der Waals surface area (Å²) in [5.74, 6) is 0.233. The zero-order valence-electron chi connectivity index (χ0n) is 13.8. The molecule has 25 heavy (non-hydrogen) atoms. The number of anilines is 1. The summed E-state index contributed by atoms with van der Waals surface area (Å²) in [7, 11) is 0. The monoisotopic (exact) mass is 355 g/mol. The van der Waals surface area contributed by atoms with Gasteiger partial charge < -0.3 is 15.4 Å². The average Bonchev–Trinajstić information content (AvgIpc) is 2.62. The van der Waals surface area contributed by atoms with Crippen molar-refractivity contribution < 1.29 is 9.53 Å². The topological polar surface area (TPSA) is 74.1 Å². The molecule has 0 fully saturated rings. The van der Waals surface area contributed by atoms with Gasteiger partial charge in [0, 0.05) is 23.5 Å². The average molecular weight is 356 g/mol. The van der Waals surface area contributed by atoms with Gasteiger partial charge in [-0.1, -0.05) is 29.8 Å². The normalized spacial score (nSPS) is 10.7. The Balaban J connectivity index is 1.96. The van der Waals surface area contributed by atoms with Crippen LogP contribution >= 0.6 is 11.6 Å². The van der Waals surface area contributed by atoms with E-state index in [1.54, 1.807) is 30.3 Å². The third-order valence-corrected chi connectivity index (χ3v) is 3.65. The third-order valence-electron chi connectivity index (χ3n) is 3.29. The van der Waals surface area contributed by atoms with Crippen molar-refractivity contribution in [1.82, 2.24) is 5.32 Å². The smallest absolute Gasteiger partial charge is 0.267 e. The summed E-state index contributed by atoms with van der Waals surface area (Å²) in [5, 5.41) is 15.4. The highest BCUT2D eigenvalue weighted by Crippen LogP contribution is 2.16. The number of ether oxygens (including phenoxy) is 1. The van der Waals surface area contributed by atoms with Crippen LogP contribution in [-0.4, -0.2) is 12.5 Å². The summed E-state index contributed by atoms with van der Waals surface area (Å²) in [6, 6.07) is 16.2. The molecule has 0 bridgehead atoms. The number of rotatable bonds is 7. The number of halogens is 1. The van der Waals surface area contributed by atoms with Crippen LogP contribution in [0.15, 0.2) is 60.3 Å². The van der Waals surface area contributed by atoms with Crippen LogP contribution in [0.3, 0.4) is 0 Å². The van der Waals surface area contributed by atoms with Gasteiger partial charge in [0.05, 0.1) is 6.61 Å². The number of nitriles is 1. The van der Waals surface area contributed by atoms with Crippen molar-refractivity contribution in [2.75, 3.05) is 11.9 Å². The molecule has 0 aliphatic heterocycles. The first-order valence-corrected chi connectivity index (χ1v) is 8.13. The minimum Gasteiger partial charge on any atom is -0.494 e. The van der Waals surface area contributed by atoms with Crippen molar-refractivity contribution >= 4 is 23.2 Å². The Bertz CT molecular complexity index is 795. The van der Waals surface area contributed by atoms with Crippen LogP contribution < -0.4 is 15.4 Å². The first-order valence-electron chi connectivity index (χ1n) is 7.75. The second kappa shape index (κ2) is 9.36. The highest BCUT2D eigenvalue weighted by molar-refractivity contribution is 6.31. The molecule has 0 aliphatic rings. The molecule has 0 saturated carbocycles. The van der Waals surface area contributed by atoms with E-state index in [0.717, 1.165) is 11.3 Å². The molecule has 0 spiro atoms. The van der Waals surface area contributed by atoms with E-state index in [2.05, 4.69) is 10.6 Å². The van der Waals surface area contributed by atoms with E-state index in [1.165, 1.54) is 6.20 Å². The second-order valence-corrected chi connectivity index (χ2v) is 5.46. The number of nitrogens with one attached hydrogen (secondary N) is 2. The maximum atomic E-state index is 12.2. The lowest BCUT2D eigenvalue weighted by Crippen LogP contribution is -2.16. The van der Waals surface area contributed by atoms with Crippen molar-refractivity contribution in [3.8, 4) is 11.8 Å². The van der Waals surface area contributed by atoms with Crippen LogP contribution in [0.25, 0.3) is 0 Å². The van der Waals surface area contributed by atoms with Crippen molar-refractivity contribution in [1.29, 1.82) is 5.26 Å². The highest BCUT2D eigenvalue weighted by Gasteiger charge is 2.09. The Labute approximate surface area is 151 Å². The first kappa shape index (κ1) is 18.4. The van der Waals surface area contributed by atoms with Crippen molar-refractivity contribution in [3.05, 3.63) is 70.9 Å². The zero-order valence-corrected chi connectivity index (χ0v) is 14.5. The summed E-state index contributed by atoms with van der Waals surface area (Å²) in [5.41, 5.74) is 1.44. The van der Waals surface area contributed by atoms with Gasteiger partial charge in [-0.3, -0.25) is 4.79 Å². The van der Waals surface area contributed by atoms with Gasteiger partial charge in [0.15, 0.2) is 0 Å². The van der Waals surface area contributed by atoms with E-state index in [9.17, 15) is 10.1 Å². The lowest BCUT2D eigenvalue weighted by molar-refractivity contribution is -0.112. The molecule has 2 aromatic carbocycles. The largest absolute Gasteiger partial charge is 0.494 e. The molecule has 0 radical (unpaired) electrons. The Morgan fingerprint density at radius 2 is 1.96 bits per heavy atom. The van der Waals surface area contributed by atoms with Crippen molar-refractivity contribution in [2.24, 2.45) is 0 Å². The molecule has 0 heterocycles. The summed E-state index contributed by atoms with van der Waals surface area (Å²) in [4.78, 5) is 12.2. The summed E-state index contributed by atoms with van der Waals surface area (Å²) in [6.45, 7) is 2.89. The molecule has 0 atom stereocenters. The van der Waals surface area contributed by atoms with Crippen molar-refractivity contribution in [2.45, 2.75) is 13.5 Å². The van der Waals surface area contributed by atoms with E-state index in [4.69, 9.17) is 16.3 Å². The Morgan fingerprint density at radius 3 is 2.60 bits per heavy atom. The number of carbonyl (C=O) groups is 1. The predicted octanol–water partition coefficient (Wildman–Crippen LogP) is 3.87. The van der Waals surface area contributed by atoms with E-state index in [1.807, 2.05) is 31.2 Å². The zero-order chi connectivity index (χ0) is 18.1. The molecule has 0 saturated heterocycles.